The van der Waals surface area contributed by atoms with E-state index >= 15 is 0 Å². The van der Waals surface area contributed by atoms with Crippen molar-refractivity contribution in [3.8, 4) is 0 Å². The molecule has 0 radical (unpaired) electrons. The number of aromatic nitrogens is 1. The summed E-state index contributed by atoms with van der Waals surface area (Å²) in [5.74, 6) is -0.0961. The van der Waals surface area contributed by atoms with E-state index < -0.39 is 0 Å². The Bertz CT molecular complexity index is 438. The van der Waals surface area contributed by atoms with Gasteiger partial charge in [-0.1, -0.05) is 12.8 Å². The lowest BCUT2D eigenvalue weighted by Crippen LogP contribution is -2.27. The van der Waals surface area contributed by atoms with Gasteiger partial charge in [0.05, 0.1) is 11.9 Å². The van der Waals surface area contributed by atoms with Crippen LogP contribution in [0.4, 0.5) is 5.69 Å². The standard InChI is InChI=1S/C16H26N4O/c1-20(2)11-5-10-17-16(21)15-9-8-14(12-18-15)19-13-6-3-4-7-13/h8-9,12-13,19H,3-7,10-11H2,1-2H3,(H,17,21). The van der Waals surface area contributed by atoms with Crippen LogP contribution in [0.15, 0.2) is 18.3 Å². The monoisotopic (exact) mass is 290 g/mol. The predicted octanol–water partition coefficient (Wildman–Crippen LogP) is 2.12. The second-order valence-electron chi connectivity index (χ2n) is 5.97. The average molecular weight is 290 g/mol. The molecule has 1 aromatic heterocycles. The van der Waals surface area contributed by atoms with Crippen molar-refractivity contribution in [3.63, 3.8) is 0 Å². The first-order valence-corrected chi connectivity index (χ1v) is 7.80. The van der Waals surface area contributed by atoms with Crippen molar-refractivity contribution in [2.24, 2.45) is 0 Å². The van der Waals surface area contributed by atoms with Crippen LogP contribution in [0.3, 0.4) is 0 Å². The molecule has 1 aliphatic rings. The number of carbonyl (C=O) groups is 1. The molecular formula is C16H26N4O. The largest absolute Gasteiger partial charge is 0.381 e. The zero-order valence-corrected chi connectivity index (χ0v) is 13.1. The first-order valence-electron chi connectivity index (χ1n) is 7.80. The van der Waals surface area contributed by atoms with Gasteiger partial charge in [-0.3, -0.25) is 4.79 Å². The Labute approximate surface area is 127 Å². The lowest BCUT2D eigenvalue weighted by molar-refractivity contribution is 0.0947. The van der Waals surface area contributed by atoms with E-state index in [1.165, 1.54) is 25.7 Å². The molecule has 5 nitrogen and oxygen atoms in total. The maximum Gasteiger partial charge on any atom is 0.269 e. The minimum atomic E-state index is -0.0961. The number of hydrogen-bond donors (Lipinski definition) is 2. The summed E-state index contributed by atoms with van der Waals surface area (Å²) in [4.78, 5) is 18.3. The van der Waals surface area contributed by atoms with Crippen LogP contribution in [0.5, 0.6) is 0 Å². The van der Waals surface area contributed by atoms with Gasteiger partial charge in [-0.05, 0) is 52.0 Å². The van der Waals surface area contributed by atoms with Gasteiger partial charge in [-0.2, -0.15) is 0 Å². The first-order chi connectivity index (χ1) is 10.1. The fourth-order valence-corrected chi connectivity index (χ4v) is 2.61. The molecule has 2 N–H and O–H groups in total. The number of nitrogens with zero attached hydrogens (tertiary/aromatic N) is 2. The van der Waals surface area contributed by atoms with Crippen LogP contribution in [0.1, 0.15) is 42.6 Å². The average Bonchev–Trinajstić information content (AvgIpc) is 2.97. The minimum Gasteiger partial charge on any atom is -0.381 e. The van der Waals surface area contributed by atoms with E-state index in [0.29, 0.717) is 18.3 Å². The summed E-state index contributed by atoms with van der Waals surface area (Å²) in [6.45, 7) is 1.65. The Morgan fingerprint density at radius 1 is 1.33 bits per heavy atom. The smallest absolute Gasteiger partial charge is 0.269 e. The number of anilines is 1. The molecule has 0 atom stereocenters. The van der Waals surface area contributed by atoms with E-state index in [4.69, 9.17) is 0 Å². The fraction of sp³-hybridized carbons (Fsp3) is 0.625. The van der Waals surface area contributed by atoms with Crippen molar-refractivity contribution < 1.29 is 4.79 Å². The Balaban J connectivity index is 1.76. The Morgan fingerprint density at radius 2 is 2.10 bits per heavy atom. The number of carbonyl (C=O) groups excluding carboxylic acids is 1. The molecule has 1 saturated carbocycles. The van der Waals surface area contributed by atoms with Crippen molar-refractivity contribution in [3.05, 3.63) is 24.0 Å². The van der Waals surface area contributed by atoms with E-state index in [1.807, 2.05) is 20.2 Å². The molecule has 1 aromatic rings. The van der Waals surface area contributed by atoms with Gasteiger partial charge in [0, 0.05) is 12.6 Å². The van der Waals surface area contributed by atoms with Gasteiger partial charge in [0.25, 0.3) is 5.91 Å². The molecule has 2 rings (SSSR count). The summed E-state index contributed by atoms with van der Waals surface area (Å²) in [7, 11) is 4.05. The summed E-state index contributed by atoms with van der Waals surface area (Å²) in [6.07, 6.45) is 7.77. The number of nitrogens with one attached hydrogen (secondary N) is 2. The molecule has 21 heavy (non-hydrogen) atoms. The molecule has 0 aliphatic heterocycles. The highest BCUT2D eigenvalue weighted by molar-refractivity contribution is 5.92. The Hall–Kier alpha value is -1.62. The van der Waals surface area contributed by atoms with Gasteiger partial charge in [0.1, 0.15) is 5.69 Å². The molecule has 0 unspecified atom stereocenters. The summed E-state index contributed by atoms with van der Waals surface area (Å²) in [5.41, 5.74) is 1.49. The predicted molar refractivity (Wildman–Crippen MR) is 85.6 cm³/mol. The minimum absolute atomic E-state index is 0.0961. The molecule has 116 valence electrons. The molecule has 1 amide bonds. The van der Waals surface area contributed by atoms with Gasteiger partial charge < -0.3 is 15.5 Å². The summed E-state index contributed by atoms with van der Waals surface area (Å²) < 4.78 is 0. The molecular weight excluding hydrogens is 264 g/mol. The van der Waals surface area contributed by atoms with Crippen LogP contribution in [0.25, 0.3) is 0 Å². The third kappa shape index (κ3) is 5.34. The summed E-state index contributed by atoms with van der Waals surface area (Å²) in [5, 5.41) is 6.37. The third-order valence-corrected chi connectivity index (χ3v) is 3.79. The molecule has 1 fully saturated rings. The van der Waals surface area contributed by atoms with E-state index in [1.54, 1.807) is 12.3 Å². The van der Waals surface area contributed by atoms with E-state index in [-0.39, 0.29) is 5.91 Å². The van der Waals surface area contributed by atoms with Gasteiger partial charge in [0.2, 0.25) is 0 Å². The van der Waals surface area contributed by atoms with Crippen LogP contribution in [0.2, 0.25) is 0 Å². The number of rotatable bonds is 7. The van der Waals surface area contributed by atoms with Crippen LogP contribution in [-0.4, -0.2) is 49.0 Å². The zero-order valence-electron chi connectivity index (χ0n) is 13.1. The van der Waals surface area contributed by atoms with Crippen LogP contribution in [0, 0.1) is 0 Å². The molecule has 0 spiro atoms. The van der Waals surface area contributed by atoms with E-state index in [9.17, 15) is 4.79 Å². The SMILES string of the molecule is CN(C)CCCNC(=O)c1ccc(NC2CCCC2)cn1. The first kappa shape index (κ1) is 15.8. The summed E-state index contributed by atoms with van der Waals surface area (Å²) in [6, 6.07) is 4.30. The van der Waals surface area contributed by atoms with E-state index in [2.05, 4.69) is 20.5 Å². The Kier molecular flexibility index (Phi) is 5.99. The van der Waals surface area contributed by atoms with Crippen molar-refractivity contribution >= 4 is 11.6 Å². The zero-order chi connectivity index (χ0) is 15.1. The molecule has 0 aromatic carbocycles. The maximum absolute atomic E-state index is 11.9. The molecule has 0 bridgehead atoms. The topological polar surface area (TPSA) is 57.3 Å². The fourth-order valence-electron chi connectivity index (χ4n) is 2.61. The third-order valence-electron chi connectivity index (χ3n) is 3.79. The highest BCUT2D eigenvalue weighted by Crippen LogP contribution is 2.21. The summed E-state index contributed by atoms with van der Waals surface area (Å²) >= 11 is 0. The quantitative estimate of drug-likeness (QED) is 0.755. The van der Waals surface area contributed by atoms with Crippen molar-refractivity contribution in [2.45, 2.75) is 38.1 Å². The van der Waals surface area contributed by atoms with Crippen molar-refractivity contribution in [1.29, 1.82) is 0 Å². The van der Waals surface area contributed by atoms with Crippen molar-refractivity contribution in [1.82, 2.24) is 15.2 Å². The number of amides is 1. The number of pyridine rings is 1. The lowest BCUT2D eigenvalue weighted by atomic mass is 10.2. The number of hydrogen-bond acceptors (Lipinski definition) is 4. The molecule has 1 heterocycles. The highest BCUT2D eigenvalue weighted by atomic mass is 16.1. The Morgan fingerprint density at radius 3 is 2.71 bits per heavy atom. The van der Waals surface area contributed by atoms with Gasteiger partial charge in [-0.15, -0.1) is 0 Å². The van der Waals surface area contributed by atoms with Crippen LogP contribution >= 0.6 is 0 Å². The maximum atomic E-state index is 11.9. The normalized spacial score (nSPS) is 15.4. The second-order valence-corrected chi connectivity index (χ2v) is 5.97. The van der Waals surface area contributed by atoms with E-state index in [0.717, 1.165) is 18.7 Å². The van der Waals surface area contributed by atoms with Gasteiger partial charge in [-0.25, -0.2) is 4.98 Å². The molecule has 1 aliphatic carbocycles. The lowest BCUT2D eigenvalue weighted by Gasteiger charge is -2.13. The van der Waals surface area contributed by atoms with Gasteiger partial charge in [0.15, 0.2) is 0 Å². The van der Waals surface area contributed by atoms with Crippen molar-refractivity contribution in [2.75, 3.05) is 32.5 Å². The highest BCUT2D eigenvalue weighted by Gasteiger charge is 2.14. The van der Waals surface area contributed by atoms with Gasteiger partial charge >= 0.3 is 0 Å². The molecule has 0 saturated heterocycles. The van der Waals surface area contributed by atoms with Crippen LogP contribution in [-0.2, 0) is 0 Å². The second kappa shape index (κ2) is 7.98. The molecule has 5 heteroatoms. The van der Waals surface area contributed by atoms with Crippen LogP contribution < -0.4 is 10.6 Å².